The average Bonchev–Trinajstić information content (AvgIpc) is 2.24. The highest BCUT2D eigenvalue weighted by molar-refractivity contribution is 5.81. The Bertz CT molecular complexity index is 365. The molecule has 5 heteroatoms. The molecule has 0 aliphatic rings. The molecule has 1 amide bonds. The number of carbonyl (C=O) groups excluding carboxylic acids is 1. The van der Waals surface area contributed by atoms with Crippen LogP contribution >= 0.6 is 0 Å². The minimum Gasteiger partial charge on any atom is -0.349 e. The van der Waals surface area contributed by atoms with E-state index in [2.05, 4.69) is 15.3 Å². The van der Waals surface area contributed by atoms with Crippen molar-refractivity contribution in [2.45, 2.75) is 33.4 Å². The topological polar surface area (TPSA) is 80.9 Å². The fraction of sp³-hybridized carbons (Fsp3) is 0.545. The molecular weight excluding hydrogens is 204 g/mol. The van der Waals surface area contributed by atoms with Crippen LogP contribution in [0.1, 0.15) is 25.4 Å². The molecule has 0 radical (unpaired) electrons. The number of carbonyl (C=O) groups is 1. The van der Waals surface area contributed by atoms with Crippen molar-refractivity contribution < 1.29 is 4.79 Å². The Kier molecular flexibility index (Phi) is 4.37. The number of rotatable bonds is 4. The number of nitrogens with one attached hydrogen (secondary N) is 1. The molecule has 0 saturated heterocycles. The second kappa shape index (κ2) is 5.55. The van der Waals surface area contributed by atoms with Crippen molar-refractivity contribution in [1.29, 1.82) is 0 Å². The quantitative estimate of drug-likeness (QED) is 0.772. The normalized spacial score (nSPS) is 12.6. The molecule has 0 saturated carbocycles. The Labute approximate surface area is 95.5 Å². The molecule has 1 unspecified atom stereocenters. The van der Waals surface area contributed by atoms with Crippen molar-refractivity contribution in [2.75, 3.05) is 0 Å². The summed E-state index contributed by atoms with van der Waals surface area (Å²) in [6.07, 6.45) is 1.67. The third kappa shape index (κ3) is 3.58. The molecule has 0 fully saturated rings. The summed E-state index contributed by atoms with van der Waals surface area (Å²) in [4.78, 5) is 19.7. The molecule has 1 aromatic heterocycles. The first kappa shape index (κ1) is 12.6. The molecule has 3 N–H and O–H groups in total. The molecule has 1 heterocycles. The van der Waals surface area contributed by atoms with Gasteiger partial charge in [-0.05, 0) is 18.9 Å². The minimum atomic E-state index is -0.470. The molecular formula is C11H18N4O. The van der Waals surface area contributed by atoms with Gasteiger partial charge in [0.2, 0.25) is 5.91 Å². The highest BCUT2D eigenvalue weighted by Crippen LogP contribution is 1.99. The maximum absolute atomic E-state index is 11.6. The van der Waals surface area contributed by atoms with Crippen LogP contribution in [0.2, 0.25) is 0 Å². The van der Waals surface area contributed by atoms with Crippen LogP contribution in [0.4, 0.5) is 0 Å². The van der Waals surface area contributed by atoms with Crippen molar-refractivity contribution in [3.05, 3.63) is 23.8 Å². The maximum Gasteiger partial charge on any atom is 0.237 e. The lowest BCUT2D eigenvalue weighted by atomic mass is 10.1. The third-order valence-electron chi connectivity index (χ3n) is 2.30. The van der Waals surface area contributed by atoms with Gasteiger partial charge in [-0.2, -0.15) is 0 Å². The van der Waals surface area contributed by atoms with Crippen LogP contribution in [-0.4, -0.2) is 21.9 Å². The monoisotopic (exact) mass is 222 g/mol. The molecule has 16 heavy (non-hydrogen) atoms. The zero-order valence-corrected chi connectivity index (χ0v) is 9.90. The first-order chi connectivity index (χ1) is 7.50. The number of hydrogen-bond acceptors (Lipinski definition) is 4. The number of aryl methyl sites for hydroxylation is 1. The van der Waals surface area contributed by atoms with Gasteiger partial charge in [0.1, 0.15) is 5.82 Å². The number of nitrogens with two attached hydrogens (primary N) is 1. The number of hydrogen-bond donors (Lipinski definition) is 2. The van der Waals surface area contributed by atoms with Crippen molar-refractivity contribution in [1.82, 2.24) is 15.3 Å². The van der Waals surface area contributed by atoms with E-state index in [9.17, 15) is 4.79 Å². The van der Waals surface area contributed by atoms with Crippen LogP contribution < -0.4 is 11.1 Å². The van der Waals surface area contributed by atoms with Gasteiger partial charge in [0.15, 0.2) is 0 Å². The molecule has 1 aromatic rings. The van der Waals surface area contributed by atoms with Crippen LogP contribution in [0, 0.1) is 12.8 Å². The van der Waals surface area contributed by atoms with Gasteiger partial charge in [0.25, 0.3) is 0 Å². The minimum absolute atomic E-state index is 0.132. The molecule has 0 aliphatic carbocycles. The predicted molar refractivity (Wildman–Crippen MR) is 61.4 cm³/mol. The van der Waals surface area contributed by atoms with E-state index in [-0.39, 0.29) is 11.8 Å². The van der Waals surface area contributed by atoms with Crippen molar-refractivity contribution in [3.8, 4) is 0 Å². The van der Waals surface area contributed by atoms with Crippen molar-refractivity contribution >= 4 is 5.91 Å². The largest absolute Gasteiger partial charge is 0.349 e. The lowest BCUT2D eigenvalue weighted by Crippen LogP contribution is -2.43. The summed E-state index contributed by atoms with van der Waals surface area (Å²) >= 11 is 0. The van der Waals surface area contributed by atoms with Gasteiger partial charge in [0, 0.05) is 6.20 Å². The SMILES string of the molecule is Cc1nccc(CNC(=O)C(N)C(C)C)n1. The first-order valence-corrected chi connectivity index (χ1v) is 5.32. The Morgan fingerprint density at radius 2 is 2.25 bits per heavy atom. The van der Waals surface area contributed by atoms with E-state index in [1.165, 1.54) is 0 Å². The van der Waals surface area contributed by atoms with Crippen LogP contribution in [-0.2, 0) is 11.3 Å². The van der Waals surface area contributed by atoms with Crippen LogP contribution in [0.3, 0.4) is 0 Å². The molecule has 0 aliphatic heterocycles. The smallest absolute Gasteiger partial charge is 0.237 e. The predicted octanol–water partition coefficient (Wildman–Crippen LogP) is 0.385. The van der Waals surface area contributed by atoms with Gasteiger partial charge in [0.05, 0.1) is 18.3 Å². The van der Waals surface area contributed by atoms with E-state index in [1.54, 1.807) is 12.3 Å². The Morgan fingerprint density at radius 3 is 2.81 bits per heavy atom. The zero-order valence-electron chi connectivity index (χ0n) is 9.90. The van der Waals surface area contributed by atoms with E-state index in [0.29, 0.717) is 12.4 Å². The second-order valence-corrected chi connectivity index (χ2v) is 4.08. The van der Waals surface area contributed by atoms with Gasteiger partial charge in [-0.1, -0.05) is 13.8 Å². The number of aromatic nitrogens is 2. The van der Waals surface area contributed by atoms with E-state index in [0.717, 1.165) is 5.69 Å². The third-order valence-corrected chi connectivity index (χ3v) is 2.30. The van der Waals surface area contributed by atoms with Gasteiger partial charge < -0.3 is 11.1 Å². The molecule has 1 atom stereocenters. The summed E-state index contributed by atoms with van der Waals surface area (Å²) in [6.45, 7) is 6.03. The first-order valence-electron chi connectivity index (χ1n) is 5.32. The number of nitrogens with zero attached hydrogens (tertiary/aromatic N) is 2. The van der Waals surface area contributed by atoms with Crippen molar-refractivity contribution in [3.63, 3.8) is 0 Å². The molecule has 0 spiro atoms. The van der Waals surface area contributed by atoms with E-state index >= 15 is 0 Å². The van der Waals surface area contributed by atoms with Crippen molar-refractivity contribution in [2.24, 2.45) is 11.7 Å². The summed E-state index contributed by atoms with van der Waals surface area (Å²) in [5.74, 6) is 0.679. The van der Waals surface area contributed by atoms with Gasteiger partial charge in [-0.25, -0.2) is 9.97 Å². The lowest BCUT2D eigenvalue weighted by molar-refractivity contribution is -0.123. The van der Waals surface area contributed by atoms with Crippen LogP contribution in [0.5, 0.6) is 0 Å². The summed E-state index contributed by atoms with van der Waals surface area (Å²) in [6, 6.07) is 1.30. The summed E-state index contributed by atoms with van der Waals surface area (Å²) in [5, 5.41) is 2.75. The Hall–Kier alpha value is -1.49. The molecule has 0 aromatic carbocycles. The Balaban J connectivity index is 2.49. The molecule has 5 nitrogen and oxygen atoms in total. The summed E-state index contributed by atoms with van der Waals surface area (Å²) in [5.41, 5.74) is 6.50. The molecule has 88 valence electrons. The molecule has 0 bridgehead atoms. The zero-order chi connectivity index (χ0) is 12.1. The Morgan fingerprint density at radius 1 is 1.56 bits per heavy atom. The van der Waals surface area contributed by atoms with Gasteiger partial charge in [-0.3, -0.25) is 4.79 Å². The highest BCUT2D eigenvalue weighted by Gasteiger charge is 2.16. The van der Waals surface area contributed by atoms with E-state index < -0.39 is 6.04 Å². The van der Waals surface area contributed by atoms with Crippen LogP contribution in [0.25, 0.3) is 0 Å². The fourth-order valence-electron chi connectivity index (χ4n) is 1.20. The number of amides is 1. The molecule has 1 rings (SSSR count). The van der Waals surface area contributed by atoms with Gasteiger partial charge in [-0.15, -0.1) is 0 Å². The van der Waals surface area contributed by atoms with Gasteiger partial charge >= 0.3 is 0 Å². The van der Waals surface area contributed by atoms with Crippen LogP contribution in [0.15, 0.2) is 12.3 Å². The second-order valence-electron chi connectivity index (χ2n) is 4.08. The van der Waals surface area contributed by atoms with E-state index in [4.69, 9.17) is 5.73 Å². The highest BCUT2D eigenvalue weighted by atomic mass is 16.2. The maximum atomic E-state index is 11.6. The summed E-state index contributed by atoms with van der Waals surface area (Å²) in [7, 11) is 0. The van der Waals surface area contributed by atoms with E-state index in [1.807, 2.05) is 20.8 Å². The summed E-state index contributed by atoms with van der Waals surface area (Å²) < 4.78 is 0. The standard InChI is InChI=1S/C11H18N4O/c1-7(2)10(12)11(16)14-6-9-4-5-13-8(3)15-9/h4-5,7,10H,6,12H2,1-3H3,(H,14,16). The lowest BCUT2D eigenvalue weighted by Gasteiger charge is -2.15. The fourth-order valence-corrected chi connectivity index (χ4v) is 1.20. The average molecular weight is 222 g/mol.